The van der Waals surface area contributed by atoms with E-state index >= 15 is 0 Å². The monoisotopic (exact) mass is 547 g/mol. The maximum atomic E-state index is 9.39. The second-order valence-corrected chi connectivity index (χ2v) is 15.3. The van der Waals surface area contributed by atoms with Crippen molar-refractivity contribution >= 4 is 16.9 Å². The van der Waals surface area contributed by atoms with E-state index in [0.717, 1.165) is 19.3 Å². The van der Waals surface area contributed by atoms with Gasteiger partial charge in [0.15, 0.2) is 0 Å². The summed E-state index contributed by atoms with van der Waals surface area (Å²) in [5.74, 6) is 0.485. The molecule has 0 heterocycles. The molecule has 0 saturated heterocycles. The number of allylic oxidation sites excluding steroid dienone is 4. The van der Waals surface area contributed by atoms with E-state index < -0.39 is 8.07 Å². The van der Waals surface area contributed by atoms with E-state index in [0.29, 0.717) is 5.92 Å². The van der Waals surface area contributed by atoms with Crippen LogP contribution in [0, 0.1) is 0 Å². The van der Waals surface area contributed by atoms with E-state index in [1.165, 1.54) is 58.6 Å². The number of benzene rings is 2. The van der Waals surface area contributed by atoms with E-state index in [-0.39, 0.29) is 31.4 Å². The van der Waals surface area contributed by atoms with E-state index in [1.54, 1.807) is 19.6 Å². The molecule has 1 nitrogen and oxygen atoms in total. The molecule has 0 bridgehead atoms. The zero-order valence-corrected chi connectivity index (χ0v) is 23.8. The number of aliphatic hydroxyl groups is 1. The third kappa shape index (κ3) is 4.64. The van der Waals surface area contributed by atoms with Gasteiger partial charge in [-0.15, -0.1) is 0 Å². The summed E-state index contributed by atoms with van der Waals surface area (Å²) < 4.78 is 1.56. The van der Waals surface area contributed by atoms with Crippen molar-refractivity contribution in [3.05, 3.63) is 69.9 Å². The van der Waals surface area contributed by atoms with Crippen molar-refractivity contribution in [2.45, 2.75) is 58.2 Å². The van der Waals surface area contributed by atoms with Gasteiger partial charge < -0.3 is 24.8 Å². The summed E-state index contributed by atoms with van der Waals surface area (Å²) in [4.78, 5) is 0. The van der Waals surface area contributed by atoms with E-state index in [2.05, 4.69) is 69.4 Å². The maximum Gasteiger partial charge on any atom is -1.00 e. The summed E-state index contributed by atoms with van der Waals surface area (Å²) >= 11 is 1.52. The SMILES string of the molecule is CC[Si](C)(C)C1=C(c2ccc3c([c]2[Zr+2])C(C)c2ccccc2-3)CC=C1CCCO.[Cl-].[Cl-]. The molecule has 163 valence electrons. The molecule has 0 radical (unpaired) electrons. The molecular formula is C26H31Cl2OSiZr. The Morgan fingerprint density at radius 2 is 1.71 bits per heavy atom. The Hall–Kier alpha value is -0.440. The molecule has 1 N–H and O–H groups in total. The van der Waals surface area contributed by atoms with Crippen LogP contribution in [0.25, 0.3) is 16.7 Å². The Morgan fingerprint density at radius 3 is 2.39 bits per heavy atom. The van der Waals surface area contributed by atoms with Crippen LogP contribution in [0.5, 0.6) is 0 Å². The molecule has 31 heavy (non-hydrogen) atoms. The van der Waals surface area contributed by atoms with Crippen LogP contribution in [-0.2, 0) is 24.7 Å². The van der Waals surface area contributed by atoms with Gasteiger partial charge in [-0.25, -0.2) is 0 Å². The van der Waals surface area contributed by atoms with Crippen molar-refractivity contribution in [1.29, 1.82) is 0 Å². The van der Waals surface area contributed by atoms with Gasteiger partial charge in [0.05, 0.1) is 0 Å². The first-order valence-corrected chi connectivity index (χ1v) is 15.4. The zero-order valence-electron chi connectivity index (χ0n) is 18.9. The summed E-state index contributed by atoms with van der Waals surface area (Å²) in [7, 11) is -1.49. The van der Waals surface area contributed by atoms with Gasteiger partial charge in [-0.3, -0.25) is 0 Å². The van der Waals surface area contributed by atoms with Gasteiger partial charge in [0.2, 0.25) is 0 Å². The molecule has 2 aliphatic rings. The number of aliphatic hydroxyl groups excluding tert-OH is 1. The maximum absolute atomic E-state index is 9.39. The van der Waals surface area contributed by atoms with Crippen molar-refractivity contribution in [2.24, 2.45) is 0 Å². The van der Waals surface area contributed by atoms with Gasteiger partial charge in [-0.1, -0.05) is 0 Å². The molecule has 2 aliphatic carbocycles. The number of rotatable bonds is 6. The second-order valence-electron chi connectivity index (χ2n) is 9.11. The number of fused-ring (bicyclic) bond motifs is 3. The molecule has 0 saturated carbocycles. The first-order chi connectivity index (χ1) is 13.9. The van der Waals surface area contributed by atoms with E-state index in [1.807, 2.05) is 0 Å². The predicted octanol–water partition coefficient (Wildman–Crippen LogP) is 0.123. The Morgan fingerprint density at radius 1 is 1.03 bits per heavy atom. The van der Waals surface area contributed by atoms with E-state index in [4.69, 9.17) is 0 Å². The van der Waals surface area contributed by atoms with Gasteiger partial charge in [-0.2, -0.15) is 0 Å². The molecule has 1 atom stereocenters. The molecule has 5 heteroatoms. The Labute approximate surface area is 216 Å². The minimum absolute atomic E-state index is 0. The quantitative estimate of drug-likeness (QED) is 0.508. The van der Waals surface area contributed by atoms with Gasteiger partial charge in [0, 0.05) is 0 Å². The predicted molar refractivity (Wildman–Crippen MR) is 123 cm³/mol. The van der Waals surface area contributed by atoms with Crippen molar-refractivity contribution in [3.63, 3.8) is 0 Å². The van der Waals surface area contributed by atoms with Crippen molar-refractivity contribution in [2.75, 3.05) is 6.61 Å². The van der Waals surface area contributed by atoms with Crippen LogP contribution in [0.3, 0.4) is 0 Å². The van der Waals surface area contributed by atoms with Crippen LogP contribution in [-0.4, -0.2) is 19.8 Å². The Kier molecular flexibility index (Phi) is 9.22. The second kappa shape index (κ2) is 10.7. The van der Waals surface area contributed by atoms with Gasteiger partial charge in [0.1, 0.15) is 0 Å². The smallest absolute Gasteiger partial charge is 1.00 e. The molecule has 0 fully saturated rings. The van der Waals surface area contributed by atoms with Crippen LogP contribution in [0.2, 0.25) is 19.1 Å². The molecule has 2 aromatic rings. The van der Waals surface area contributed by atoms with Crippen LogP contribution < -0.4 is 28.1 Å². The fourth-order valence-corrected chi connectivity index (χ4v) is 9.16. The third-order valence-electron chi connectivity index (χ3n) is 7.06. The Bertz CT molecular complexity index is 1030. The standard InChI is InChI=1S/C26H31OSi.2ClH.Zr/c1-5-28(3,4)26-19(9-8-16-27)12-14-22(26)20-13-15-24-23-11-7-6-10-21(23)18(2)25(24)17-20;;;/h6-7,10-13,15,18,27H,5,8-9,14,16H2,1-4H3;2*1H;/q;;;+2/p-2. The fraction of sp³-hybridized carbons (Fsp3) is 0.385. The summed E-state index contributed by atoms with van der Waals surface area (Å²) in [5, 5.41) is 11.1. The first-order valence-electron chi connectivity index (χ1n) is 10.9. The molecule has 0 aromatic heterocycles. The Balaban J connectivity index is 0.00000171. The zero-order chi connectivity index (χ0) is 20.8. The molecule has 0 amide bonds. The van der Waals surface area contributed by atoms with Crippen molar-refractivity contribution in [3.8, 4) is 11.1 Å². The minimum Gasteiger partial charge on any atom is -1.00 e. The number of halogens is 2. The summed E-state index contributed by atoms with van der Waals surface area (Å²) in [5.41, 5.74) is 10.5. The fourth-order valence-electron chi connectivity index (χ4n) is 5.22. The van der Waals surface area contributed by atoms with Gasteiger partial charge in [-0.05, 0) is 0 Å². The average Bonchev–Trinajstić information content (AvgIpc) is 3.27. The van der Waals surface area contributed by atoms with Crippen LogP contribution in [0.1, 0.15) is 55.7 Å². The molecular weight excluding hydrogens is 519 g/mol. The molecule has 1 unspecified atom stereocenters. The van der Waals surface area contributed by atoms with Crippen LogP contribution in [0.4, 0.5) is 0 Å². The van der Waals surface area contributed by atoms with E-state index in [9.17, 15) is 5.11 Å². The van der Waals surface area contributed by atoms with Crippen molar-refractivity contribution < 1.29 is 54.6 Å². The normalized spacial score (nSPS) is 17.0. The van der Waals surface area contributed by atoms with Crippen LogP contribution in [0.15, 0.2) is 53.2 Å². The minimum atomic E-state index is -1.49. The number of hydrogen-bond donors (Lipinski definition) is 1. The molecule has 0 spiro atoms. The first kappa shape index (κ1) is 26.8. The topological polar surface area (TPSA) is 20.2 Å². The number of hydrogen-bond acceptors (Lipinski definition) is 1. The third-order valence-corrected chi connectivity index (χ3v) is 12.1. The average molecular weight is 550 g/mol. The molecule has 0 aliphatic heterocycles. The summed E-state index contributed by atoms with van der Waals surface area (Å²) in [6.07, 6.45) is 5.42. The molecule has 2 aromatic carbocycles. The van der Waals surface area contributed by atoms with Crippen LogP contribution >= 0.6 is 0 Å². The summed E-state index contributed by atoms with van der Waals surface area (Å²) in [6, 6.07) is 15.0. The molecule has 4 rings (SSSR count). The van der Waals surface area contributed by atoms with Gasteiger partial charge in [0.25, 0.3) is 0 Å². The van der Waals surface area contributed by atoms with Gasteiger partial charge >= 0.3 is 193 Å². The largest absolute Gasteiger partial charge is 1.00 e. The summed E-state index contributed by atoms with van der Waals surface area (Å²) in [6.45, 7) is 10.1. The van der Waals surface area contributed by atoms with Crippen molar-refractivity contribution in [1.82, 2.24) is 0 Å².